The number of carbonyl (C=O) groups excluding carboxylic acids is 3. The van der Waals surface area contributed by atoms with Gasteiger partial charge in [-0.3, -0.25) is 24.6 Å². The monoisotopic (exact) mass is 477 g/mol. The van der Waals surface area contributed by atoms with E-state index in [0.29, 0.717) is 29.4 Å². The highest BCUT2D eigenvalue weighted by atomic mass is 16.4. The molecule has 0 radical (unpaired) electrons. The van der Waals surface area contributed by atoms with E-state index in [2.05, 4.69) is 22.1 Å². The number of carboxylic acid groups (broad SMARTS) is 1. The van der Waals surface area contributed by atoms with E-state index in [9.17, 15) is 24.3 Å². The predicted octanol–water partition coefficient (Wildman–Crippen LogP) is 2.52. The average molecular weight is 478 g/mol. The van der Waals surface area contributed by atoms with Crippen LogP contribution in [0.4, 0.5) is 16.3 Å². The van der Waals surface area contributed by atoms with Crippen molar-refractivity contribution in [2.75, 3.05) is 16.3 Å². The third-order valence-electron chi connectivity index (χ3n) is 7.06. The maximum absolute atomic E-state index is 13.1. The van der Waals surface area contributed by atoms with Crippen molar-refractivity contribution in [2.24, 2.45) is 0 Å². The second kappa shape index (κ2) is 9.01. The topological polar surface area (TPSA) is 123 Å². The number of nitrogens with one attached hydrogen (secondary N) is 1. The van der Waals surface area contributed by atoms with Gasteiger partial charge in [0.25, 0.3) is 5.91 Å². The molecule has 3 aliphatic heterocycles. The Balaban J connectivity index is 1.33. The SMILES string of the molecule is CC1CCCN1c1ccc(N(Cc2ccc3c(c2)C(=O)N(C2CCC(=O)NC2=O)C3)C(=O)O)nc1. The molecule has 182 valence electrons. The molecule has 2 unspecified atom stereocenters. The number of hydrogen-bond donors (Lipinski definition) is 2. The second-order valence-electron chi connectivity index (χ2n) is 9.32. The number of hydrogen-bond acceptors (Lipinski definition) is 6. The van der Waals surface area contributed by atoms with Gasteiger partial charge >= 0.3 is 6.09 Å². The Hall–Kier alpha value is -3.95. The van der Waals surface area contributed by atoms with Crippen LogP contribution in [0.1, 0.15) is 54.1 Å². The molecule has 10 nitrogen and oxygen atoms in total. The van der Waals surface area contributed by atoms with Crippen molar-refractivity contribution in [3.8, 4) is 0 Å². The van der Waals surface area contributed by atoms with Crippen LogP contribution >= 0.6 is 0 Å². The van der Waals surface area contributed by atoms with Gasteiger partial charge in [-0.1, -0.05) is 12.1 Å². The van der Waals surface area contributed by atoms with Crippen molar-refractivity contribution in [2.45, 2.75) is 57.8 Å². The molecule has 2 aromatic rings. The van der Waals surface area contributed by atoms with Crippen molar-refractivity contribution in [1.29, 1.82) is 0 Å². The van der Waals surface area contributed by atoms with E-state index in [-0.39, 0.29) is 31.3 Å². The summed E-state index contributed by atoms with van der Waals surface area (Å²) >= 11 is 0. The molecular weight excluding hydrogens is 450 g/mol. The number of pyridine rings is 1. The Labute approximate surface area is 202 Å². The Kier molecular flexibility index (Phi) is 5.88. The fourth-order valence-electron chi connectivity index (χ4n) is 5.15. The Morgan fingerprint density at radius 1 is 1.17 bits per heavy atom. The number of benzene rings is 1. The number of fused-ring (bicyclic) bond motifs is 1. The van der Waals surface area contributed by atoms with E-state index in [1.807, 2.05) is 6.07 Å². The van der Waals surface area contributed by atoms with Gasteiger partial charge in [0, 0.05) is 31.1 Å². The minimum absolute atomic E-state index is 0.0285. The van der Waals surface area contributed by atoms with Crippen LogP contribution in [-0.2, 0) is 22.7 Å². The zero-order chi connectivity index (χ0) is 24.7. The fraction of sp³-hybridized carbons (Fsp3) is 0.400. The molecule has 5 rings (SSSR count). The van der Waals surface area contributed by atoms with Gasteiger partial charge in [-0.2, -0.15) is 0 Å². The lowest BCUT2D eigenvalue weighted by Crippen LogP contribution is -2.52. The largest absolute Gasteiger partial charge is 0.465 e. The van der Waals surface area contributed by atoms with Crippen LogP contribution in [0.2, 0.25) is 0 Å². The van der Waals surface area contributed by atoms with E-state index < -0.39 is 18.0 Å². The summed E-state index contributed by atoms with van der Waals surface area (Å²) in [6, 6.07) is 8.60. The molecule has 0 bridgehead atoms. The lowest BCUT2D eigenvalue weighted by Gasteiger charge is -2.29. The first-order chi connectivity index (χ1) is 16.8. The van der Waals surface area contributed by atoms with Crippen LogP contribution in [-0.4, -0.2) is 57.4 Å². The van der Waals surface area contributed by atoms with Gasteiger partial charge in [0.2, 0.25) is 11.8 Å². The first-order valence-corrected chi connectivity index (χ1v) is 11.8. The highest BCUT2D eigenvalue weighted by Crippen LogP contribution is 2.30. The van der Waals surface area contributed by atoms with Gasteiger partial charge < -0.3 is 14.9 Å². The standard InChI is InChI=1S/C25H27N5O5/c1-15-3-2-10-28(15)18-6-8-21(26-12-18)30(25(34)35)13-16-4-5-17-14-29(24(33)19(17)11-16)20-7-9-22(31)27-23(20)32/h4-6,8,11-12,15,20H,2-3,7,9-10,13-14H2,1H3,(H,34,35)(H,27,31,32). The summed E-state index contributed by atoms with van der Waals surface area (Å²) in [6.07, 6.45) is 3.30. The molecule has 0 spiro atoms. The summed E-state index contributed by atoms with van der Waals surface area (Å²) in [6.45, 7) is 3.44. The number of nitrogens with zero attached hydrogens (tertiary/aromatic N) is 4. The Morgan fingerprint density at radius 3 is 2.66 bits per heavy atom. The van der Waals surface area contributed by atoms with Crippen LogP contribution in [0.15, 0.2) is 36.5 Å². The lowest BCUT2D eigenvalue weighted by atomic mass is 10.0. The van der Waals surface area contributed by atoms with Crippen LogP contribution in [0.25, 0.3) is 0 Å². The molecule has 2 atom stereocenters. The number of piperidine rings is 1. The zero-order valence-corrected chi connectivity index (χ0v) is 19.4. The molecule has 2 fully saturated rings. The summed E-state index contributed by atoms with van der Waals surface area (Å²) in [5, 5.41) is 12.1. The zero-order valence-electron chi connectivity index (χ0n) is 19.4. The number of imide groups is 1. The highest BCUT2D eigenvalue weighted by Gasteiger charge is 2.39. The Morgan fingerprint density at radius 2 is 2.00 bits per heavy atom. The smallest absolute Gasteiger partial charge is 0.413 e. The van der Waals surface area contributed by atoms with Crippen molar-refractivity contribution in [1.82, 2.24) is 15.2 Å². The van der Waals surface area contributed by atoms with Gasteiger partial charge in [0.05, 0.1) is 18.4 Å². The molecule has 2 saturated heterocycles. The molecule has 2 N–H and O–H groups in total. The molecule has 35 heavy (non-hydrogen) atoms. The summed E-state index contributed by atoms with van der Waals surface area (Å²) < 4.78 is 0. The summed E-state index contributed by atoms with van der Waals surface area (Å²) in [5.41, 5.74) is 2.83. The molecule has 0 saturated carbocycles. The van der Waals surface area contributed by atoms with Gasteiger partial charge in [0.15, 0.2) is 0 Å². The molecule has 10 heteroatoms. The molecular formula is C25H27N5O5. The van der Waals surface area contributed by atoms with Gasteiger partial charge in [0.1, 0.15) is 11.9 Å². The minimum atomic E-state index is -1.14. The predicted molar refractivity (Wildman–Crippen MR) is 127 cm³/mol. The first-order valence-electron chi connectivity index (χ1n) is 11.8. The fourth-order valence-corrected chi connectivity index (χ4v) is 5.15. The Bertz CT molecular complexity index is 1200. The first kappa shape index (κ1) is 22.8. The summed E-state index contributed by atoms with van der Waals surface area (Å²) in [7, 11) is 0. The van der Waals surface area contributed by atoms with Gasteiger partial charge in [-0.05, 0) is 55.5 Å². The summed E-state index contributed by atoms with van der Waals surface area (Å²) in [5.74, 6) is -0.772. The van der Waals surface area contributed by atoms with Crippen molar-refractivity contribution >= 4 is 35.3 Å². The van der Waals surface area contributed by atoms with E-state index in [0.717, 1.165) is 35.5 Å². The molecule has 1 aromatic carbocycles. The average Bonchev–Trinajstić information content (AvgIpc) is 3.40. The van der Waals surface area contributed by atoms with E-state index in [1.165, 1.54) is 4.90 Å². The number of rotatable bonds is 5. The summed E-state index contributed by atoms with van der Waals surface area (Å²) in [4.78, 5) is 58.1. The second-order valence-corrected chi connectivity index (χ2v) is 9.32. The molecule has 3 aliphatic rings. The maximum atomic E-state index is 13.1. The molecule has 4 heterocycles. The van der Waals surface area contributed by atoms with E-state index in [1.54, 1.807) is 30.5 Å². The maximum Gasteiger partial charge on any atom is 0.413 e. The minimum Gasteiger partial charge on any atom is -0.465 e. The number of carbonyl (C=O) groups is 4. The van der Waals surface area contributed by atoms with Gasteiger partial charge in [-0.15, -0.1) is 0 Å². The third-order valence-corrected chi connectivity index (χ3v) is 7.06. The normalized spacial score (nSPS) is 21.8. The highest BCUT2D eigenvalue weighted by molar-refractivity contribution is 6.05. The number of aromatic nitrogens is 1. The lowest BCUT2D eigenvalue weighted by molar-refractivity contribution is -0.136. The van der Waals surface area contributed by atoms with Crippen LogP contribution in [0.3, 0.4) is 0 Å². The van der Waals surface area contributed by atoms with Crippen LogP contribution < -0.4 is 15.1 Å². The molecule has 1 aromatic heterocycles. The van der Waals surface area contributed by atoms with Crippen LogP contribution in [0, 0.1) is 0 Å². The van der Waals surface area contributed by atoms with Crippen molar-refractivity contribution < 1.29 is 24.3 Å². The van der Waals surface area contributed by atoms with E-state index in [4.69, 9.17) is 0 Å². The number of anilines is 2. The van der Waals surface area contributed by atoms with Crippen LogP contribution in [0.5, 0.6) is 0 Å². The third kappa shape index (κ3) is 4.31. The van der Waals surface area contributed by atoms with Crippen molar-refractivity contribution in [3.63, 3.8) is 0 Å². The number of amides is 4. The van der Waals surface area contributed by atoms with E-state index >= 15 is 0 Å². The molecule has 4 amide bonds. The quantitative estimate of drug-likeness (QED) is 0.635. The van der Waals surface area contributed by atoms with Gasteiger partial charge in [-0.25, -0.2) is 9.78 Å². The van der Waals surface area contributed by atoms with Crippen molar-refractivity contribution in [3.05, 3.63) is 53.2 Å². The molecule has 0 aliphatic carbocycles.